The molecule has 0 aliphatic heterocycles. The maximum absolute atomic E-state index is 5.77. The summed E-state index contributed by atoms with van der Waals surface area (Å²) < 4.78 is 8.15. The zero-order chi connectivity index (χ0) is 9.61. The van der Waals surface area contributed by atoms with Gasteiger partial charge in [0.15, 0.2) is 0 Å². The van der Waals surface area contributed by atoms with Gasteiger partial charge in [-0.3, -0.25) is 4.57 Å². The van der Waals surface area contributed by atoms with Crippen LogP contribution in [0.4, 0.5) is 0 Å². The lowest BCUT2D eigenvalue weighted by atomic mass is 10.7. The van der Waals surface area contributed by atoms with Crippen LogP contribution in [0, 0.1) is 0 Å². The number of hydrogen-bond acceptors (Lipinski definition) is 2. The molecule has 0 heterocycles. The first-order chi connectivity index (χ1) is 5.64. The van der Waals surface area contributed by atoms with Gasteiger partial charge >= 0.3 is 0 Å². The van der Waals surface area contributed by atoms with Crippen LogP contribution in [0.2, 0.25) is 6.55 Å². The van der Waals surface area contributed by atoms with E-state index in [-0.39, 0.29) is 0 Å². The van der Waals surface area contributed by atoms with E-state index in [4.69, 9.17) is 4.43 Å². The Labute approximate surface area is 77.4 Å². The molecule has 0 rings (SSSR count). The second kappa shape index (κ2) is 5.51. The van der Waals surface area contributed by atoms with E-state index >= 15 is 0 Å². The Bertz CT molecular complexity index is 136. The summed E-state index contributed by atoms with van der Waals surface area (Å²) >= 11 is 0. The van der Waals surface area contributed by atoms with Crippen LogP contribution >= 0.6 is 0 Å². The van der Waals surface area contributed by atoms with Crippen LogP contribution in [-0.4, -0.2) is 32.7 Å². The van der Waals surface area contributed by atoms with E-state index < -0.39 is 8.48 Å². The van der Waals surface area contributed by atoms with Gasteiger partial charge in [-0.2, -0.15) is 0 Å². The highest BCUT2D eigenvalue weighted by Gasteiger charge is 2.31. The van der Waals surface area contributed by atoms with Crippen LogP contribution < -0.4 is 0 Å². The van der Waals surface area contributed by atoms with Gasteiger partial charge in [-0.25, -0.2) is 0 Å². The van der Waals surface area contributed by atoms with Crippen LogP contribution in [0.5, 0.6) is 0 Å². The van der Waals surface area contributed by atoms with Crippen molar-refractivity contribution < 1.29 is 4.43 Å². The van der Waals surface area contributed by atoms with Crippen molar-refractivity contribution in [1.82, 2.24) is 4.57 Å². The Morgan fingerprint density at radius 3 is 2.08 bits per heavy atom. The first kappa shape index (κ1) is 11.9. The van der Waals surface area contributed by atoms with Crippen molar-refractivity contribution in [3.63, 3.8) is 0 Å². The summed E-state index contributed by atoms with van der Waals surface area (Å²) in [5.74, 6) is 0. The van der Waals surface area contributed by atoms with Gasteiger partial charge in [0, 0.05) is 6.61 Å². The van der Waals surface area contributed by atoms with Crippen molar-refractivity contribution in [2.24, 2.45) is 0 Å². The highest BCUT2D eigenvalue weighted by Crippen LogP contribution is 2.12. The quantitative estimate of drug-likeness (QED) is 0.591. The molecule has 0 spiro atoms. The predicted molar refractivity (Wildman–Crippen MR) is 56.4 cm³/mol. The fourth-order valence-corrected chi connectivity index (χ4v) is 3.82. The van der Waals surface area contributed by atoms with E-state index in [9.17, 15) is 0 Å². The van der Waals surface area contributed by atoms with E-state index in [2.05, 4.69) is 31.5 Å². The van der Waals surface area contributed by atoms with E-state index in [1.165, 1.54) is 0 Å². The lowest BCUT2D eigenvalue weighted by molar-refractivity contribution is 0.268. The van der Waals surface area contributed by atoms with Gasteiger partial charge in [0.05, 0.1) is 0 Å². The minimum Gasteiger partial charge on any atom is -0.400 e. The molecule has 3 heteroatoms. The summed E-state index contributed by atoms with van der Waals surface area (Å²) in [5.41, 5.74) is 2.00. The molecule has 0 radical (unpaired) electrons. The summed E-state index contributed by atoms with van der Waals surface area (Å²) in [6, 6.07) is 0. The van der Waals surface area contributed by atoms with Crippen molar-refractivity contribution in [3.05, 3.63) is 12.3 Å². The van der Waals surface area contributed by atoms with E-state index in [1.54, 1.807) is 0 Å². The molecule has 0 saturated carbocycles. The molecule has 0 bridgehead atoms. The van der Waals surface area contributed by atoms with Gasteiger partial charge in [-0.1, -0.05) is 19.5 Å². The molecule has 12 heavy (non-hydrogen) atoms. The summed E-state index contributed by atoms with van der Waals surface area (Å²) in [6.45, 7) is 15.3. The number of hydrogen-bond donors (Lipinski definition) is 0. The van der Waals surface area contributed by atoms with Gasteiger partial charge < -0.3 is 4.43 Å². The van der Waals surface area contributed by atoms with Gasteiger partial charge in [0.25, 0.3) is 8.48 Å². The number of nitrogens with zero attached hydrogens (tertiary/aromatic N) is 1. The van der Waals surface area contributed by atoms with Crippen molar-refractivity contribution in [3.8, 4) is 0 Å². The fraction of sp³-hybridized carbons (Fsp3) is 0.778. The van der Waals surface area contributed by atoms with Gasteiger partial charge in [-0.15, -0.1) is 6.58 Å². The summed E-state index contributed by atoms with van der Waals surface area (Å²) in [7, 11) is -1.76. The molecule has 1 atom stereocenters. The molecule has 0 aromatic rings. The molecule has 0 saturated heterocycles. The minimum absolute atomic E-state index is 0.783. The Hall–Kier alpha value is -0.123. The van der Waals surface area contributed by atoms with E-state index in [0.717, 1.165) is 19.7 Å². The van der Waals surface area contributed by atoms with Crippen molar-refractivity contribution in [2.75, 3.05) is 19.7 Å². The second-order valence-corrected chi connectivity index (χ2v) is 6.30. The average molecular weight is 187 g/mol. The zero-order valence-corrected chi connectivity index (χ0v) is 9.76. The van der Waals surface area contributed by atoms with Crippen molar-refractivity contribution in [1.29, 1.82) is 0 Å². The van der Waals surface area contributed by atoms with Gasteiger partial charge in [-0.05, 0) is 26.6 Å². The highest BCUT2D eigenvalue weighted by atomic mass is 28.4. The van der Waals surface area contributed by atoms with Crippen molar-refractivity contribution in [2.45, 2.75) is 27.3 Å². The van der Waals surface area contributed by atoms with Gasteiger partial charge in [0.1, 0.15) is 0 Å². The highest BCUT2D eigenvalue weighted by molar-refractivity contribution is 6.74. The van der Waals surface area contributed by atoms with Crippen LogP contribution in [0.1, 0.15) is 20.8 Å². The molecule has 0 aliphatic carbocycles. The Morgan fingerprint density at radius 2 is 1.83 bits per heavy atom. The third-order valence-corrected chi connectivity index (χ3v) is 5.73. The molecule has 0 aliphatic rings. The summed E-state index contributed by atoms with van der Waals surface area (Å²) in [5, 5.41) is 0. The lowest BCUT2D eigenvalue weighted by Crippen LogP contribution is -2.52. The SMILES string of the molecule is C=C[Si](C)(OCC)N(CC)CC. The molecule has 0 fully saturated rings. The molecule has 0 N–H and O–H groups in total. The van der Waals surface area contributed by atoms with Crippen LogP contribution in [0.15, 0.2) is 12.3 Å². The predicted octanol–water partition coefficient (Wildman–Crippen LogP) is 2.16. The standard InChI is InChI=1S/C9H21NOSi/c1-6-10(7-2)12(5,9-4)11-8-3/h9H,4,6-8H2,1-3,5H3. The molecule has 1 unspecified atom stereocenters. The third-order valence-electron chi connectivity index (χ3n) is 2.21. The molecule has 0 aromatic carbocycles. The Balaban J connectivity index is 4.35. The zero-order valence-electron chi connectivity index (χ0n) is 8.76. The number of rotatable bonds is 6. The smallest absolute Gasteiger partial charge is 0.293 e. The fourth-order valence-electron chi connectivity index (χ4n) is 1.42. The average Bonchev–Trinajstić information content (AvgIpc) is 2.07. The lowest BCUT2D eigenvalue weighted by Gasteiger charge is -2.34. The molecule has 0 aromatic heterocycles. The van der Waals surface area contributed by atoms with Crippen molar-refractivity contribution >= 4 is 8.48 Å². The van der Waals surface area contributed by atoms with Crippen LogP contribution in [0.25, 0.3) is 0 Å². The topological polar surface area (TPSA) is 12.5 Å². The Kier molecular flexibility index (Phi) is 5.45. The van der Waals surface area contributed by atoms with E-state index in [1.807, 2.05) is 12.6 Å². The van der Waals surface area contributed by atoms with Crippen LogP contribution in [0.3, 0.4) is 0 Å². The molecule has 0 amide bonds. The summed E-state index contributed by atoms with van der Waals surface area (Å²) in [4.78, 5) is 0. The maximum atomic E-state index is 5.77. The molecule has 2 nitrogen and oxygen atoms in total. The minimum atomic E-state index is -1.76. The maximum Gasteiger partial charge on any atom is 0.293 e. The first-order valence-electron chi connectivity index (χ1n) is 4.67. The third kappa shape index (κ3) is 2.73. The van der Waals surface area contributed by atoms with E-state index in [0.29, 0.717) is 0 Å². The molecular formula is C9H21NOSi. The molecular weight excluding hydrogens is 166 g/mol. The van der Waals surface area contributed by atoms with Crippen LogP contribution in [-0.2, 0) is 4.43 Å². The largest absolute Gasteiger partial charge is 0.400 e. The first-order valence-corrected chi connectivity index (χ1v) is 7.10. The normalized spacial score (nSPS) is 16.1. The Morgan fingerprint density at radius 1 is 1.33 bits per heavy atom. The second-order valence-electron chi connectivity index (χ2n) is 2.86. The molecule has 72 valence electrons. The van der Waals surface area contributed by atoms with Gasteiger partial charge in [0.2, 0.25) is 0 Å². The monoisotopic (exact) mass is 187 g/mol. The summed E-state index contributed by atoms with van der Waals surface area (Å²) in [6.07, 6.45) is 0.